The Labute approximate surface area is 150 Å². The Morgan fingerprint density at radius 3 is 2.92 bits per heavy atom. The van der Waals surface area contributed by atoms with E-state index in [1.54, 1.807) is 35.3 Å². The molecule has 0 radical (unpaired) electrons. The van der Waals surface area contributed by atoms with E-state index in [0.29, 0.717) is 23.9 Å². The minimum Gasteiger partial charge on any atom is -0.469 e. The summed E-state index contributed by atoms with van der Waals surface area (Å²) in [5.74, 6) is 1.33. The van der Waals surface area contributed by atoms with Gasteiger partial charge in [-0.15, -0.1) is 0 Å². The van der Waals surface area contributed by atoms with Gasteiger partial charge in [0.1, 0.15) is 6.17 Å². The zero-order chi connectivity index (χ0) is 17.8. The highest BCUT2D eigenvalue weighted by molar-refractivity contribution is 5.95. The number of aromatic nitrogens is 1. The zero-order valence-electron chi connectivity index (χ0n) is 14.5. The molecule has 1 aromatic heterocycles. The monoisotopic (exact) mass is 353 g/mol. The van der Waals surface area contributed by atoms with Crippen LogP contribution in [0, 0.1) is 0 Å². The molecule has 2 saturated heterocycles. The fraction of sp³-hybridized carbons (Fsp3) is 0.389. The van der Waals surface area contributed by atoms with Crippen molar-refractivity contribution in [3.63, 3.8) is 0 Å². The summed E-state index contributed by atoms with van der Waals surface area (Å²) in [4.78, 5) is 35.9. The Kier molecular flexibility index (Phi) is 3.22. The Morgan fingerprint density at radius 2 is 2.12 bits per heavy atom. The molecule has 8 heteroatoms. The van der Waals surface area contributed by atoms with Gasteiger partial charge >= 0.3 is 6.03 Å². The van der Waals surface area contributed by atoms with Gasteiger partial charge < -0.3 is 14.5 Å². The first-order valence-electron chi connectivity index (χ1n) is 8.78. The Morgan fingerprint density at radius 1 is 1.31 bits per heavy atom. The molecule has 4 aliphatic heterocycles. The van der Waals surface area contributed by atoms with E-state index in [-0.39, 0.29) is 18.1 Å². The maximum Gasteiger partial charge on any atom is 0.327 e. The molecule has 0 saturated carbocycles. The van der Waals surface area contributed by atoms with Crippen molar-refractivity contribution in [3.8, 4) is 5.75 Å². The molecule has 1 unspecified atom stereocenters. The second-order valence-corrected chi connectivity index (χ2v) is 6.87. The van der Waals surface area contributed by atoms with Crippen molar-refractivity contribution in [1.82, 2.24) is 19.7 Å². The van der Waals surface area contributed by atoms with Gasteiger partial charge in [-0.1, -0.05) is 0 Å². The molecule has 134 valence electrons. The molecule has 0 aliphatic carbocycles. The van der Waals surface area contributed by atoms with Crippen molar-refractivity contribution in [3.05, 3.63) is 41.9 Å². The average Bonchev–Trinajstić information content (AvgIpc) is 3.35. The third-order valence-electron chi connectivity index (χ3n) is 5.32. The highest BCUT2D eigenvalue weighted by atomic mass is 16.5. The van der Waals surface area contributed by atoms with Crippen molar-refractivity contribution >= 4 is 17.8 Å². The van der Waals surface area contributed by atoms with Crippen LogP contribution in [0.1, 0.15) is 23.2 Å². The molecule has 5 heterocycles. The molecule has 1 aromatic rings. The van der Waals surface area contributed by atoms with Gasteiger partial charge in [0.15, 0.2) is 18.3 Å². The Balaban J connectivity index is 1.39. The Bertz CT molecular complexity index is 858. The summed E-state index contributed by atoms with van der Waals surface area (Å²) in [6, 6.07) is 1.77. The number of allylic oxidation sites excluding steroid dienone is 1. The van der Waals surface area contributed by atoms with E-state index in [0.717, 1.165) is 31.6 Å². The number of hydrogen-bond donors (Lipinski definition) is 0. The molecule has 0 aromatic carbocycles. The predicted molar refractivity (Wildman–Crippen MR) is 93.4 cm³/mol. The number of likely N-dealkylation sites (tertiary alicyclic amines) is 1. The predicted octanol–water partition coefficient (Wildman–Crippen LogP) is 1.58. The lowest BCUT2D eigenvalue weighted by atomic mass is 10.1. The van der Waals surface area contributed by atoms with Gasteiger partial charge in [0.2, 0.25) is 0 Å². The second-order valence-electron chi connectivity index (χ2n) is 6.87. The SMILES string of the molecule is CN1C(=O)N2C=CC(N3COc4cc(C(=O)N5CCCC5)cnc43)=CC12. The largest absolute Gasteiger partial charge is 0.469 e. The number of anilines is 1. The maximum atomic E-state index is 12.5. The molecule has 0 bridgehead atoms. The second kappa shape index (κ2) is 5.48. The van der Waals surface area contributed by atoms with Gasteiger partial charge in [0.25, 0.3) is 5.91 Å². The van der Waals surface area contributed by atoms with Gasteiger partial charge in [0, 0.05) is 38.2 Å². The van der Waals surface area contributed by atoms with E-state index in [1.165, 1.54) is 0 Å². The number of hydrogen-bond acceptors (Lipinski definition) is 5. The number of ether oxygens (including phenoxy) is 1. The third kappa shape index (κ3) is 2.11. The number of nitrogens with zero attached hydrogens (tertiary/aromatic N) is 5. The number of rotatable bonds is 2. The van der Waals surface area contributed by atoms with E-state index in [1.807, 2.05) is 22.0 Å². The molecule has 8 nitrogen and oxygen atoms in total. The van der Waals surface area contributed by atoms with E-state index in [4.69, 9.17) is 4.74 Å². The van der Waals surface area contributed by atoms with Gasteiger partial charge in [0.05, 0.1) is 5.56 Å². The van der Waals surface area contributed by atoms with E-state index in [2.05, 4.69) is 4.98 Å². The lowest BCUT2D eigenvalue weighted by Gasteiger charge is -2.47. The van der Waals surface area contributed by atoms with E-state index < -0.39 is 0 Å². The maximum absolute atomic E-state index is 12.5. The van der Waals surface area contributed by atoms with Crippen molar-refractivity contribution in [2.24, 2.45) is 0 Å². The van der Waals surface area contributed by atoms with Gasteiger partial charge in [-0.2, -0.15) is 0 Å². The van der Waals surface area contributed by atoms with E-state index >= 15 is 0 Å². The summed E-state index contributed by atoms with van der Waals surface area (Å²) in [6.45, 7) is 1.96. The quantitative estimate of drug-likeness (QED) is 0.807. The number of urea groups is 1. The smallest absolute Gasteiger partial charge is 0.327 e. The summed E-state index contributed by atoms with van der Waals surface area (Å²) >= 11 is 0. The van der Waals surface area contributed by atoms with Gasteiger partial charge in [-0.05, 0) is 31.1 Å². The number of fused-ring (bicyclic) bond motifs is 2. The van der Waals surface area contributed by atoms with Crippen LogP contribution in [0.15, 0.2) is 36.3 Å². The molecule has 4 aliphatic rings. The van der Waals surface area contributed by atoms with Crippen LogP contribution < -0.4 is 9.64 Å². The normalized spacial score (nSPS) is 23.5. The highest BCUT2D eigenvalue weighted by Gasteiger charge is 2.41. The minimum atomic E-state index is -0.0671. The van der Waals surface area contributed by atoms with Crippen LogP contribution in [0.25, 0.3) is 0 Å². The molecule has 0 N–H and O–H groups in total. The van der Waals surface area contributed by atoms with Crippen LogP contribution in [0.3, 0.4) is 0 Å². The molecule has 5 rings (SSSR count). The third-order valence-corrected chi connectivity index (χ3v) is 5.32. The van der Waals surface area contributed by atoms with Crippen LogP contribution >= 0.6 is 0 Å². The molecule has 2 fully saturated rings. The van der Waals surface area contributed by atoms with Crippen molar-refractivity contribution < 1.29 is 14.3 Å². The van der Waals surface area contributed by atoms with Crippen LogP contribution in [0.5, 0.6) is 5.75 Å². The lowest BCUT2D eigenvalue weighted by molar-refractivity contribution is 0.0640. The zero-order valence-corrected chi connectivity index (χ0v) is 14.5. The van der Waals surface area contributed by atoms with Crippen LogP contribution in [-0.4, -0.2) is 64.7 Å². The van der Waals surface area contributed by atoms with Crippen molar-refractivity contribution in [2.45, 2.75) is 19.0 Å². The first kappa shape index (κ1) is 15.2. The molecule has 0 spiro atoms. The van der Waals surface area contributed by atoms with Crippen molar-refractivity contribution in [2.75, 3.05) is 31.8 Å². The fourth-order valence-corrected chi connectivity index (χ4v) is 3.79. The highest BCUT2D eigenvalue weighted by Crippen LogP contribution is 2.37. The first-order valence-corrected chi connectivity index (χ1v) is 8.78. The number of carbonyl (C=O) groups is 2. The van der Waals surface area contributed by atoms with Crippen LogP contribution in [0.4, 0.5) is 10.6 Å². The number of likely N-dealkylation sites (N-methyl/N-ethyl adjacent to an activating group) is 1. The molecule has 26 heavy (non-hydrogen) atoms. The molecular formula is C18H19N5O3. The minimum absolute atomic E-state index is 0.0113. The number of carbonyl (C=O) groups excluding carboxylic acids is 2. The first-order chi connectivity index (χ1) is 12.6. The van der Waals surface area contributed by atoms with Crippen LogP contribution in [-0.2, 0) is 0 Å². The summed E-state index contributed by atoms with van der Waals surface area (Å²) in [7, 11) is 1.78. The average molecular weight is 353 g/mol. The van der Waals surface area contributed by atoms with Gasteiger partial charge in [-0.25, -0.2) is 9.78 Å². The standard InChI is InChI=1S/C18H19N5O3/c1-20-15-9-13(4-7-22(15)18(20)25)23-11-26-14-8-12(10-19-16(14)23)17(24)21-5-2-3-6-21/h4,7-10,15H,2-3,5-6,11H2,1H3. The lowest BCUT2D eigenvalue weighted by Crippen LogP contribution is -2.63. The number of pyridine rings is 1. The summed E-state index contributed by atoms with van der Waals surface area (Å²) in [5, 5.41) is 0. The summed E-state index contributed by atoms with van der Waals surface area (Å²) in [6.07, 6.45) is 9.34. The van der Waals surface area contributed by atoms with Crippen molar-refractivity contribution in [1.29, 1.82) is 0 Å². The molecular weight excluding hydrogens is 334 g/mol. The molecule has 1 atom stereocenters. The number of amides is 3. The van der Waals surface area contributed by atoms with E-state index in [9.17, 15) is 9.59 Å². The topological polar surface area (TPSA) is 69.2 Å². The van der Waals surface area contributed by atoms with Crippen LogP contribution in [0.2, 0.25) is 0 Å². The summed E-state index contributed by atoms with van der Waals surface area (Å²) in [5.41, 5.74) is 1.49. The van der Waals surface area contributed by atoms with Gasteiger partial charge in [-0.3, -0.25) is 14.6 Å². The molecule has 3 amide bonds. The summed E-state index contributed by atoms with van der Waals surface area (Å²) < 4.78 is 5.77. The fourth-order valence-electron chi connectivity index (χ4n) is 3.79. The Hall–Kier alpha value is -3.03.